The fraction of sp³-hybridized carbons (Fsp3) is 0.915. The molecule has 0 heterocycles. The third-order valence-corrected chi connectivity index (χ3v) is 13.7. The van der Waals surface area contributed by atoms with Crippen molar-refractivity contribution in [2.75, 3.05) is 41.0 Å². The lowest BCUT2D eigenvalue weighted by molar-refractivity contribution is -0.889. The van der Waals surface area contributed by atoms with Gasteiger partial charge < -0.3 is 28.6 Å². The van der Waals surface area contributed by atoms with E-state index in [1.807, 2.05) is 21.1 Å². The van der Waals surface area contributed by atoms with Gasteiger partial charge in [0.15, 0.2) is 6.10 Å². The number of rotatable bonds is 54. The lowest BCUT2D eigenvalue weighted by Gasteiger charge is -2.34. The summed E-state index contributed by atoms with van der Waals surface area (Å²) in [5.74, 6) is -1.71. The van der Waals surface area contributed by atoms with Crippen molar-refractivity contribution in [3.05, 3.63) is 12.2 Å². The second-order valence-electron chi connectivity index (χ2n) is 21.2. The van der Waals surface area contributed by atoms with E-state index in [1.54, 1.807) is 0 Å². The van der Waals surface area contributed by atoms with E-state index < -0.39 is 18.1 Å². The Hall–Kier alpha value is -1.93. The fourth-order valence-electron chi connectivity index (χ4n) is 9.13. The summed E-state index contributed by atoms with van der Waals surface area (Å²) in [5, 5.41) is 11.7. The number of carboxylic acids is 1. The van der Waals surface area contributed by atoms with E-state index in [0.29, 0.717) is 12.8 Å². The Morgan fingerprint density at radius 1 is 0.433 bits per heavy atom. The van der Waals surface area contributed by atoms with Crippen molar-refractivity contribution in [1.82, 2.24) is 0 Å². The second kappa shape index (κ2) is 50.5. The molecule has 8 nitrogen and oxygen atoms in total. The lowest BCUT2D eigenvalue weighted by atomic mass is 10.0. The van der Waals surface area contributed by atoms with Crippen LogP contribution in [0.15, 0.2) is 12.2 Å². The number of carbonyl (C=O) groups is 3. The number of ether oxygens (including phenoxy) is 3. The highest BCUT2D eigenvalue weighted by Gasteiger charge is 2.25. The van der Waals surface area contributed by atoms with Crippen LogP contribution in [0.1, 0.15) is 296 Å². The van der Waals surface area contributed by atoms with Crippen LogP contribution in [0.2, 0.25) is 0 Å². The average Bonchev–Trinajstić information content (AvgIpc) is 3.29. The molecule has 0 saturated heterocycles. The van der Waals surface area contributed by atoms with Gasteiger partial charge in [-0.05, 0) is 38.5 Å². The normalized spacial score (nSPS) is 12.8. The molecular formula is C59H113NO7. The highest BCUT2D eigenvalue weighted by atomic mass is 16.6. The summed E-state index contributed by atoms with van der Waals surface area (Å²) < 4.78 is 17.3. The highest BCUT2D eigenvalue weighted by Crippen LogP contribution is 2.17. The Morgan fingerprint density at radius 3 is 1.07 bits per heavy atom. The first-order chi connectivity index (χ1) is 32.6. The quantitative estimate of drug-likeness (QED) is 0.0259. The van der Waals surface area contributed by atoms with Crippen LogP contribution in [0.4, 0.5) is 0 Å². The minimum Gasteiger partial charge on any atom is -0.544 e. The molecule has 2 atom stereocenters. The number of nitrogens with zero attached hydrogens (tertiary/aromatic N) is 1. The van der Waals surface area contributed by atoms with Gasteiger partial charge >= 0.3 is 11.9 Å². The summed E-state index contributed by atoms with van der Waals surface area (Å²) in [6, 6.07) is -0.723. The molecule has 0 N–H and O–H groups in total. The zero-order valence-corrected chi connectivity index (χ0v) is 45.3. The van der Waals surface area contributed by atoms with Gasteiger partial charge in [-0.3, -0.25) is 9.59 Å². The number of likely N-dealkylation sites (N-methyl/N-ethyl adjacent to an activating group) is 1. The van der Waals surface area contributed by atoms with Crippen LogP contribution in [0.3, 0.4) is 0 Å². The second-order valence-corrected chi connectivity index (χ2v) is 21.2. The van der Waals surface area contributed by atoms with Gasteiger partial charge in [0, 0.05) is 19.3 Å². The standard InChI is InChI=1S/C59H113NO7/c1-6-8-10-12-14-16-18-20-22-24-26-28-30-32-34-36-38-40-42-44-46-48-50-58(62)67-55(53-65-52-51-56(59(63)64)60(3,4)5)54-66-57(61)49-47-45-43-41-39-37-35-33-31-29-27-25-23-21-19-17-15-13-11-9-7-2/h29,31,55-56H,6-28,30,32-54H2,1-5H3/b31-29+. The van der Waals surface area contributed by atoms with Crippen molar-refractivity contribution in [3.8, 4) is 0 Å². The van der Waals surface area contributed by atoms with Crippen LogP contribution in [0.5, 0.6) is 0 Å². The van der Waals surface area contributed by atoms with E-state index in [4.69, 9.17) is 14.2 Å². The molecule has 0 radical (unpaired) electrons. The maximum Gasteiger partial charge on any atom is 0.306 e. The largest absolute Gasteiger partial charge is 0.544 e. The van der Waals surface area contributed by atoms with Crippen molar-refractivity contribution >= 4 is 17.9 Å². The van der Waals surface area contributed by atoms with Crippen molar-refractivity contribution in [1.29, 1.82) is 0 Å². The Morgan fingerprint density at radius 2 is 0.746 bits per heavy atom. The lowest BCUT2D eigenvalue weighted by Crippen LogP contribution is -2.55. The van der Waals surface area contributed by atoms with Crippen molar-refractivity contribution in [2.24, 2.45) is 0 Å². The molecular weight excluding hydrogens is 835 g/mol. The highest BCUT2D eigenvalue weighted by molar-refractivity contribution is 5.70. The number of carboxylic acid groups (broad SMARTS) is 1. The average molecular weight is 949 g/mol. The Balaban J connectivity index is 4.13. The molecule has 0 rings (SSSR count). The topological polar surface area (TPSA) is 102 Å². The van der Waals surface area contributed by atoms with E-state index in [0.717, 1.165) is 38.5 Å². The first-order valence-electron chi connectivity index (χ1n) is 29.2. The number of esters is 2. The molecule has 0 spiro atoms. The van der Waals surface area contributed by atoms with Crippen LogP contribution < -0.4 is 5.11 Å². The third kappa shape index (κ3) is 48.9. The third-order valence-electron chi connectivity index (χ3n) is 13.7. The van der Waals surface area contributed by atoms with E-state index >= 15 is 0 Å². The first kappa shape index (κ1) is 65.1. The van der Waals surface area contributed by atoms with Crippen molar-refractivity contribution < 1.29 is 38.2 Å². The van der Waals surface area contributed by atoms with Gasteiger partial charge in [0.05, 0.1) is 40.3 Å². The molecule has 0 aliphatic rings. The fourth-order valence-corrected chi connectivity index (χ4v) is 9.13. The van der Waals surface area contributed by atoms with Crippen LogP contribution >= 0.6 is 0 Å². The SMILES string of the molecule is CCCCCCCCCCCC/C=C/CCCCCCCCCC(=O)OCC(COCCC(C(=O)[O-])[N+](C)(C)C)OC(=O)CCCCCCCCCCCCCCCCCCCCCCCC. The monoisotopic (exact) mass is 948 g/mol. The van der Waals surface area contributed by atoms with Crippen molar-refractivity contribution in [2.45, 2.75) is 309 Å². The Kier molecular flexibility index (Phi) is 49.0. The molecule has 0 fully saturated rings. The van der Waals surface area contributed by atoms with Gasteiger partial charge in [-0.15, -0.1) is 0 Å². The van der Waals surface area contributed by atoms with Gasteiger partial charge in [0.25, 0.3) is 0 Å². The predicted molar refractivity (Wildman–Crippen MR) is 282 cm³/mol. The zero-order chi connectivity index (χ0) is 49.2. The molecule has 0 amide bonds. The maximum absolute atomic E-state index is 12.8. The van der Waals surface area contributed by atoms with Crippen LogP contribution in [0, 0.1) is 0 Å². The van der Waals surface area contributed by atoms with Gasteiger partial charge in [-0.2, -0.15) is 0 Å². The van der Waals surface area contributed by atoms with Gasteiger partial charge in [0.2, 0.25) is 0 Å². The first-order valence-corrected chi connectivity index (χ1v) is 29.2. The van der Waals surface area contributed by atoms with Crippen LogP contribution in [0.25, 0.3) is 0 Å². The van der Waals surface area contributed by atoms with Crippen LogP contribution in [-0.4, -0.2) is 75.5 Å². The molecule has 8 heteroatoms. The number of aliphatic carboxylic acids is 1. The van der Waals surface area contributed by atoms with Crippen LogP contribution in [-0.2, 0) is 28.6 Å². The Labute approximate surface area is 416 Å². The molecule has 396 valence electrons. The molecule has 0 bridgehead atoms. The summed E-state index contributed by atoms with van der Waals surface area (Å²) in [7, 11) is 5.44. The van der Waals surface area contributed by atoms with E-state index in [-0.39, 0.29) is 42.7 Å². The Bertz CT molecular complexity index is 1100. The number of hydrogen-bond acceptors (Lipinski definition) is 7. The summed E-state index contributed by atoms with van der Waals surface area (Å²) in [6.07, 6.45) is 58.3. The molecule has 0 aliphatic carbocycles. The minimum atomic E-state index is -1.12. The molecule has 0 aromatic carbocycles. The van der Waals surface area contributed by atoms with Crippen molar-refractivity contribution in [3.63, 3.8) is 0 Å². The zero-order valence-electron chi connectivity index (χ0n) is 45.3. The molecule has 0 saturated carbocycles. The van der Waals surface area contributed by atoms with E-state index in [9.17, 15) is 19.5 Å². The van der Waals surface area contributed by atoms with E-state index in [1.165, 1.54) is 225 Å². The van der Waals surface area contributed by atoms with E-state index in [2.05, 4.69) is 26.0 Å². The summed E-state index contributed by atoms with van der Waals surface area (Å²) in [4.78, 5) is 37.2. The number of allylic oxidation sites excluding steroid dienone is 2. The summed E-state index contributed by atoms with van der Waals surface area (Å²) >= 11 is 0. The predicted octanol–water partition coefficient (Wildman–Crippen LogP) is 16.0. The number of quaternary nitrogens is 1. The van der Waals surface area contributed by atoms with Gasteiger partial charge in [0.1, 0.15) is 12.6 Å². The summed E-state index contributed by atoms with van der Waals surface area (Å²) in [5.41, 5.74) is 0. The molecule has 0 aliphatic heterocycles. The molecule has 67 heavy (non-hydrogen) atoms. The number of unbranched alkanes of at least 4 members (excludes halogenated alkanes) is 38. The van der Waals surface area contributed by atoms with Gasteiger partial charge in [-0.25, -0.2) is 0 Å². The summed E-state index contributed by atoms with van der Waals surface area (Å²) in [6.45, 7) is 4.73. The number of carbonyl (C=O) groups excluding carboxylic acids is 3. The molecule has 0 aromatic rings. The maximum atomic E-state index is 12.8. The molecule has 2 unspecified atom stereocenters. The van der Waals surface area contributed by atoms with Gasteiger partial charge in [-0.1, -0.05) is 251 Å². The smallest absolute Gasteiger partial charge is 0.306 e. The molecule has 0 aromatic heterocycles. The minimum absolute atomic E-state index is 0.0461. The number of hydrogen-bond donors (Lipinski definition) is 0.